The lowest BCUT2D eigenvalue weighted by molar-refractivity contribution is -0.121. The highest BCUT2D eigenvalue weighted by atomic mass is 35.5. The van der Waals surface area contributed by atoms with E-state index in [1.165, 1.54) is 4.90 Å². The molecule has 0 radical (unpaired) electrons. The van der Waals surface area contributed by atoms with E-state index in [-0.39, 0.29) is 11.8 Å². The first-order chi connectivity index (χ1) is 13.2. The Labute approximate surface area is 167 Å². The lowest BCUT2D eigenvalue weighted by atomic mass is 9.95. The summed E-state index contributed by atoms with van der Waals surface area (Å²) in [4.78, 5) is 13.6. The molecule has 3 aromatic rings. The summed E-state index contributed by atoms with van der Waals surface area (Å²) in [6.45, 7) is 1.15. The van der Waals surface area contributed by atoms with Gasteiger partial charge in [0.05, 0.1) is 6.54 Å². The van der Waals surface area contributed by atoms with E-state index in [2.05, 4.69) is 33.0 Å². The van der Waals surface area contributed by atoms with E-state index >= 15 is 0 Å². The van der Waals surface area contributed by atoms with Crippen LogP contribution in [0, 0.1) is 0 Å². The number of hydrogen-bond donors (Lipinski definition) is 1. The molecule has 1 unspecified atom stereocenters. The van der Waals surface area contributed by atoms with Gasteiger partial charge in [0.25, 0.3) is 0 Å². The van der Waals surface area contributed by atoms with Crippen LogP contribution in [-0.2, 0) is 11.3 Å². The standard InChI is InChI=1S/C19H20ClN5OS/c20-17-8-6-15(7-9-17)16(13-25-14-22-23-24-25)12-19(26)21-10-11-27-18-4-2-1-3-5-18/h1-9,14,16H,10-13H2,(H,21,26). The fourth-order valence-corrected chi connectivity index (χ4v) is 3.60. The van der Waals surface area contributed by atoms with E-state index in [1.807, 2.05) is 42.5 Å². The highest BCUT2D eigenvalue weighted by molar-refractivity contribution is 7.99. The minimum atomic E-state index is -0.0347. The fourth-order valence-electron chi connectivity index (χ4n) is 2.68. The molecule has 0 saturated carbocycles. The number of tetrazole rings is 1. The number of aromatic nitrogens is 4. The molecule has 6 nitrogen and oxygen atoms in total. The molecular formula is C19H20ClN5OS. The molecule has 8 heteroatoms. The molecule has 0 spiro atoms. The third kappa shape index (κ3) is 6.37. The predicted molar refractivity (Wildman–Crippen MR) is 107 cm³/mol. The number of thioether (sulfide) groups is 1. The highest BCUT2D eigenvalue weighted by Crippen LogP contribution is 2.23. The van der Waals surface area contributed by atoms with Crippen LogP contribution in [-0.4, -0.2) is 38.4 Å². The molecule has 0 aliphatic rings. The second-order valence-corrected chi connectivity index (χ2v) is 7.60. The van der Waals surface area contributed by atoms with Crippen molar-refractivity contribution in [1.82, 2.24) is 25.5 Å². The molecule has 1 amide bonds. The zero-order valence-electron chi connectivity index (χ0n) is 14.7. The number of rotatable bonds is 9. The largest absolute Gasteiger partial charge is 0.355 e. The zero-order chi connectivity index (χ0) is 18.9. The molecule has 1 N–H and O–H groups in total. The SMILES string of the molecule is O=C(CC(Cn1cnnn1)c1ccc(Cl)cc1)NCCSc1ccccc1. The first-order valence-corrected chi connectivity index (χ1v) is 9.98. The lowest BCUT2D eigenvalue weighted by Crippen LogP contribution is -2.28. The normalized spacial score (nSPS) is 11.9. The molecule has 140 valence electrons. The zero-order valence-corrected chi connectivity index (χ0v) is 16.2. The molecule has 1 heterocycles. The third-order valence-corrected chi connectivity index (χ3v) is 5.27. The molecule has 0 fully saturated rings. The minimum Gasteiger partial charge on any atom is -0.355 e. The molecule has 1 aromatic heterocycles. The highest BCUT2D eigenvalue weighted by Gasteiger charge is 2.17. The van der Waals surface area contributed by atoms with Crippen LogP contribution < -0.4 is 5.32 Å². The summed E-state index contributed by atoms with van der Waals surface area (Å²) in [5.74, 6) is 0.804. The summed E-state index contributed by atoms with van der Waals surface area (Å²) in [5.41, 5.74) is 1.03. The smallest absolute Gasteiger partial charge is 0.220 e. The van der Waals surface area contributed by atoms with Crippen molar-refractivity contribution in [2.24, 2.45) is 0 Å². The fraction of sp³-hybridized carbons (Fsp3) is 0.263. The van der Waals surface area contributed by atoms with E-state index in [1.54, 1.807) is 22.8 Å². The van der Waals surface area contributed by atoms with Crippen LogP contribution in [0.25, 0.3) is 0 Å². The average Bonchev–Trinajstić information content (AvgIpc) is 3.19. The Kier molecular flexibility index (Phi) is 7.24. The summed E-state index contributed by atoms with van der Waals surface area (Å²) in [7, 11) is 0. The van der Waals surface area contributed by atoms with Gasteiger partial charge in [-0.15, -0.1) is 16.9 Å². The first-order valence-electron chi connectivity index (χ1n) is 8.61. The number of halogens is 1. The molecule has 2 aromatic carbocycles. The summed E-state index contributed by atoms with van der Waals surface area (Å²) >= 11 is 7.70. The number of nitrogens with zero attached hydrogens (tertiary/aromatic N) is 4. The topological polar surface area (TPSA) is 72.7 Å². The predicted octanol–water partition coefficient (Wildman–Crippen LogP) is 3.41. The molecule has 27 heavy (non-hydrogen) atoms. The molecule has 0 bridgehead atoms. The number of carbonyl (C=O) groups excluding carboxylic acids is 1. The van der Waals surface area contributed by atoms with Crippen LogP contribution in [0.1, 0.15) is 17.9 Å². The van der Waals surface area contributed by atoms with Crippen LogP contribution in [0.2, 0.25) is 5.02 Å². The maximum Gasteiger partial charge on any atom is 0.220 e. The van der Waals surface area contributed by atoms with Gasteiger partial charge >= 0.3 is 0 Å². The molecule has 1 atom stereocenters. The van der Waals surface area contributed by atoms with Gasteiger partial charge in [-0.05, 0) is 40.3 Å². The van der Waals surface area contributed by atoms with E-state index in [0.717, 1.165) is 11.3 Å². The van der Waals surface area contributed by atoms with Crippen molar-refractivity contribution < 1.29 is 4.79 Å². The summed E-state index contributed by atoms with van der Waals surface area (Å²) in [6, 6.07) is 17.7. The van der Waals surface area contributed by atoms with Gasteiger partial charge in [0, 0.05) is 34.6 Å². The summed E-state index contributed by atoms with van der Waals surface area (Å²) in [5, 5.41) is 14.9. The minimum absolute atomic E-state index is 0.0108. The second kappa shape index (κ2) is 10.1. The van der Waals surface area contributed by atoms with Crippen molar-refractivity contribution in [1.29, 1.82) is 0 Å². The van der Waals surface area contributed by atoms with Crippen LogP contribution in [0.4, 0.5) is 0 Å². The van der Waals surface area contributed by atoms with Crippen molar-refractivity contribution in [3.8, 4) is 0 Å². The van der Waals surface area contributed by atoms with Gasteiger partial charge in [0.2, 0.25) is 5.91 Å². The van der Waals surface area contributed by atoms with Crippen LogP contribution in [0.5, 0.6) is 0 Å². The summed E-state index contributed by atoms with van der Waals surface area (Å²) in [6.07, 6.45) is 1.91. The van der Waals surface area contributed by atoms with Gasteiger partial charge < -0.3 is 5.32 Å². The summed E-state index contributed by atoms with van der Waals surface area (Å²) < 4.78 is 1.64. The molecule has 0 aliphatic carbocycles. The quantitative estimate of drug-likeness (QED) is 0.439. The number of carbonyl (C=O) groups is 1. The number of amides is 1. The van der Waals surface area contributed by atoms with Crippen molar-refractivity contribution >= 4 is 29.3 Å². The Morgan fingerprint density at radius 2 is 1.93 bits per heavy atom. The van der Waals surface area contributed by atoms with Crippen molar-refractivity contribution in [3.05, 3.63) is 71.5 Å². The molecule has 3 rings (SSSR count). The van der Waals surface area contributed by atoms with E-state index in [0.29, 0.717) is 24.5 Å². The molecular weight excluding hydrogens is 382 g/mol. The number of nitrogens with one attached hydrogen (secondary N) is 1. The molecule has 0 aliphatic heterocycles. The Hall–Kier alpha value is -2.38. The first kappa shape index (κ1) is 19.4. The van der Waals surface area contributed by atoms with E-state index in [9.17, 15) is 4.79 Å². The van der Waals surface area contributed by atoms with Gasteiger partial charge in [-0.25, -0.2) is 4.68 Å². The van der Waals surface area contributed by atoms with Crippen molar-refractivity contribution in [2.75, 3.05) is 12.3 Å². The van der Waals surface area contributed by atoms with Crippen molar-refractivity contribution in [2.45, 2.75) is 23.8 Å². The van der Waals surface area contributed by atoms with Crippen LogP contribution >= 0.6 is 23.4 Å². The second-order valence-electron chi connectivity index (χ2n) is 6.00. The van der Waals surface area contributed by atoms with Crippen LogP contribution in [0.3, 0.4) is 0 Å². The Morgan fingerprint density at radius 3 is 2.63 bits per heavy atom. The van der Waals surface area contributed by atoms with E-state index in [4.69, 9.17) is 11.6 Å². The molecule has 0 saturated heterocycles. The van der Waals surface area contributed by atoms with Gasteiger partial charge in [-0.3, -0.25) is 4.79 Å². The Bertz CT molecular complexity index is 827. The van der Waals surface area contributed by atoms with Gasteiger partial charge in [0.1, 0.15) is 6.33 Å². The third-order valence-electron chi connectivity index (χ3n) is 4.01. The average molecular weight is 402 g/mol. The van der Waals surface area contributed by atoms with Crippen LogP contribution in [0.15, 0.2) is 65.8 Å². The van der Waals surface area contributed by atoms with E-state index < -0.39 is 0 Å². The monoisotopic (exact) mass is 401 g/mol. The Balaban J connectivity index is 1.53. The van der Waals surface area contributed by atoms with Gasteiger partial charge in [-0.2, -0.15) is 0 Å². The maximum absolute atomic E-state index is 12.4. The number of benzene rings is 2. The van der Waals surface area contributed by atoms with Crippen molar-refractivity contribution in [3.63, 3.8) is 0 Å². The lowest BCUT2D eigenvalue weighted by Gasteiger charge is -2.17. The van der Waals surface area contributed by atoms with Gasteiger partial charge in [-0.1, -0.05) is 41.9 Å². The van der Waals surface area contributed by atoms with Gasteiger partial charge in [0.15, 0.2) is 0 Å². The Morgan fingerprint density at radius 1 is 1.15 bits per heavy atom. The number of hydrogen-bond acceptors (Lipinski definition) is 5. The maximum atomic E-state index is 12.4.